The van der Waals surface area contributed by atoms with Crippen molar-refractivity contribution in [2.45, 2.75) is 38.3 Å². The Bertz CT molecular complexity index is 1610. The molecule has 0 atom stereocenters. The number of rotatable bonds is 5. The van der Waals surface area contributed by atoms with Gasteiger partial charge in [0.1, 0.15) is 0 Å². The van der Waals surface area contributed by atoms with Crippen LogP contribution in [-0.4, -0.2) is 68.2 Å². The summed E-state index contributed by atoms with van der Waals surface area (Å²) in [4.78, 5) is 33.8. The number of carbonyl (C=O) groups is 2. The van der Waals surface area contributed by atoms with Gasteiger partial charge < -0.3 is 20.1 Å². The van der Waals surface area contributed by atoms with Gasteiger partial charge in [0, 0.05) is 48.8 Å². The molecule has 39 heavy (non-hydrogen) atoms. The van der Waals surface area contributed by atoms with Gasteiger partial charge in [-0.05, 0) is 81.3 Å². The predicted octanol–water partition coefficient (Wildman–Crippen LogP) is 4.10. The summed E-state index contributed by atoms with van der Waals surface area (Å²) in [6.07, 6.45) is 1.71. The van der Waals surface area contributed by atoms with Crippen molar-refractivity contribution < 1.29 is 18.0 Å². The minimum absolute atomic E-state index is 0.0184. The van der Waals surface area contributed by atoms with E-state index in [-0.39, 0.29) is 22.5 Å². The van der Waals surface area contributed by atoms with Crippen LogP contribution in [0.2, 0.25) is 0 Å². The van der Waals surface area contributed by atoms with Crippen molar-refractivity contribution in [1.29, 1.82) is 0 Å². The third-order valence-electron chi connectivity index (χ3n) is 7.88. The normalized spacial score (nSPS) is 17.0. The maximum Gasteiger partial charge on any atom is 0.256 e. The number of hydrogen-bond donors (Lipinski definition) is 2. The topological polar surface area (TPSA) is 103 Å². The van der Waals surface area contributed by atoms with Gasteiger partial charge in [0.05, 0.1) is 21.8 Å². The quantitative estimate of drug-likeness (QED) is 0.469. The van der Waals surface area contributed by atoms with Crippen molar-refractivity contribution in [3.05, 3.63) is 81.2 Å². The van der Waals surface area contributed by atoms with Crippen LogP contribution in [0, 0.1) is 27.7 Å². The third kappa shape index (κ3) is 5.04. The highest BCUT2D eigenvalue weighted by Crippen LogP contribution is 2.36. The summed E-state index contributed by atoms with van der Waals surface area (Å²) in [6, 6.07) is 10.5. The highest BCUT2D eigenvalue weighted by atomic mass is 32.2. The molecule has 0 aliphatic carbocycles. The molecule has 204 valence electrons. The lowest BCUT2D eigenvalue weighted by molar-refractivity contribution is -0.110. The predicted molar refractivity (Wildman–Crippen MR) is 153 cm³/mol. The largest absolute Gasteiger partial charge is 0.358 e. The lowest BCUT2D eigenvalue weighted by atomic mass is 10.0. The number of carbonyl (C=O) groups excluding carboxylic acids is 2. The van der Waals surface area contributed by atoms with E-state index in [0.29, 0.717) is 41.2 Å². The number of piperazine rings is 1. The summed E-state index contributed by atoms with van der Waals surface area (Å²) >= 11 is 0. The molecule has 0 radical (unpaired) electrons. The van der Waals surface area contributed by atoms with Crippen molar-refractivity contribution in [1.82, 2.24) is 14.8 Å². The van der Waals surface area contributed by atoms with Crippen LogP contribution in [0.25, 0.3) is 11.6 Å². The first-order valence-corrected chi connectivity index (χ1v) is 14.7. The van der Waals surface area contributed by atoms with Gasteiger partial charge in [-0.15, -0.1) is 0 Å². The third-order valence-corrected chi connectivity index (χ3v) is 9.52. The van der Waals surface area contributed by atoms with Crippen molar-refractivity contribution in [3.8, 4) is 0 Å². The number of amides is 2. The van der Waals surface area contributed by atoms with Crippen LogP contribution >= 0.6 is 0 Å². The van der Waals surface area contributed by atoms with Gasteiger partial charge in [-0.1, -0.05) is 18.2 Å². The summed E-state index contributed by atoms with van der Waals surface area (Å²) in [5.41, 5.74) is 6.88. The summed E-state index contributed by atoms with van der Waals surface area (Å²) in [5.74, 6) is -0.444. The Morgan fingerprint density at radius 2 is 1.67 bits per heavy atom. The molecule has 0 unspecified atom stereocenters. The summed E-state index contributed by atoms with van der Waals surface area (Å²) in [5, 5.41) is 2.84. The molecule has 3 heterocycles. The monoisotopic (exact) mass is 546 g/mol. The summed E-state index contributed by atoms with van der Waals surface area (Å²) < 4.78 is 26.8. The Kier molecular flexibility index (Phi) is 6.99. The van der Waals surface area contributed by atoms with E-state index in [1.165, 1.54) is 0 Å². The van der Waals surface area contributed by atoms with E-state index in [1.807, 2.05) is 57.8 Å². The second-order valence-electron chi connectivity index (χ2n) is 10.6. The van der Waals surface area contributed by atoms with Gasteiger partial charge in [-0.2, -0.15) is 0 Å². The molecule has 0 bridgehead atoms. The first-order chi connectivity index (χ1) is 18.5. The van der Waals surface area contributed by atoms with E-state index in [1.54, 1.807) is 24.3 Å². The zero-order chi connectivity index (χ0) is 28.1. The molecule has 5 rings (SSSR count). The number of sulfone groups is 1. The van der Waals surface area contributed by atoms with Crippen molar-refractivity contribution in [2.24, 2.45) is 0 Å². The van der Waals surface area contributed by atoms with E-state index in [4.69, 9.17) is 0 Å². The van der Waals surface area contributed by atoms with Gasteiger partial charge in [0.2, 0.25) is 0 Å². The Morgan fingerprint density at radius 1 is 1.00 bits per heavy atom. The number of anilines is 1. The van der Waals surface area contributed by atoms with Gasteiger partial charge in [0.25, 0.3) is 11.8 Å². The first kappa shape index (κ1) is 26.9. The maximum atomic E-state index is 13.4. The Balaban J connectivity index is 1.48. The minimum Gasteiger partial charge on any atom is -0.358 e. The zero-order valence-electron chi connectivity index (χ0n) is 23.0. The Hall–Kier alpha value is -3.69. The fraction of sp³-hybridized carbons (Fsp3) is 0.333. The van der Waals surface area contributed by atoms with Crippen LogP contribution in [0.15, 0.2) is 41.3 Å². The van der Waals surface area contributed by atoms with Crippen LogP contribution in [0.4, 0.5) is 5.69 Å². The van der Waals surface area contributed by atoms with Crippen molar-refractivity contribution in [2.75, 3.05) is 38.5 Å². The molecule has 2 amide bonds. The van der Waals surface area contributed by atoms with Gasteiger partial charge >= 0.3 is 0 Å². The molecule has 8 nitrogen and oxygen atoms in total. The fourth-order valence-electron chi connectivity index (χ4n) is 5.41. The molecule has 2 N–H and O–H groups in total. The number of nitrogens with one attached hydrogen (secondary N) is 2. The number of likely N-dealkylation sites (N-methyl/N-ethyl adjacent to an activating group) is 1. The van der Waals surface area contributed by atoms with Crippen LogP contribution in [0.3, 0.4) is 0 Å². The Labute approximate surface area is 229 Å². The molecular weight excluding hydrogens is 512 g/mol. The zero-order valence-corrected chi connectivity index (χ0v) is 23.8. The van der Waals surface area contributed by atoms with Crippen LogP contribution < -0.4 is 5.32 Å². The van der Waals surface area contributed by atoms with E-state index in [0.717, 1.165) is 41.0 Å². The van der Waals surface area contributed by atoms with E-state index in [9.17, 15) is 18.0 Å². The van der Waals surface area contributed by atoms with Crippen LogP contribution in [0.5, 0.6) is 0 Å². The SMILES string of the molecule is Cc1cccc(C)c1CS(=O)(=O)c1ccc2c(c1)/C(=C/c1[nH]c(C)c(C(=O)N3CCN(C)CC3)c1C)C(=O)N2. The maximum absolute atomic E-state index is 13.4. The number of aromatic amines is 1. The fourth-order valence-corrected chi connectivity index (χ4v) is 6.98. The van der Waals surface area contributed by atoms with Crippen LogP contribution in [-0.2, 0) is 20.4 Å². The molecule has 9 heteroatoms. The average molecular weight is 547 g/mol. The number of fused-ring (bicyclic) bond motifs is 1. The first-order valence-electron chi connectivity index (χ1n) is 13.1. The van der Waals surface area contributed by atoms with Gasteiger partial charge in [-0.3, -0.25) is 9.59 Å². The highest BCUT2D eigenvalue weighted by Gasteiger charge is 2.29. The number of nitrogens with zero attached hydrogens (tertiary/aromatic N) is 2. The van der Waals surface area contributed by atoms with E-state index >= 15 is 0 Å². The molecular formula is C30H34N4O4S. The molecule has 2 aliphatic rings. The molecule has 3 aromatic rings. The summed E-state index contributed by atoms with van der Waals surface area (Å²) in [6.45, 7) is 10.6. The highest BCUT2D eigenvalue weighted by molar-refractivity contribution is 7.90. The average Bonchev–Trinajstić information content (AvgIpc) is 3.35. The number of aryl methyl sites for hydroxylation is 3. The molecule has 1 fully saturated rings. The lowest BCUT2D eigenvalue weighted by Crippen LogP contribution is -2.47. The second kappa shape index (κ2) is 10.1. The van der Waals surface area contributed by atoms with Crippen molar-refractivity contribution >= 4 is 39.0 Å². The molecule has 0 spiro atoms. The molecule has 0 saturated carbocycles. The Morgan fingerprint density at radius 3 is 2.33 bits per heavy atom. The van der Waals surface area contributed by atoms with Crippen LogP contribution in [0.1, 0.15) is 49.6 Å². The minimum atomic E-state index is -3.66. The van der Waals surface area contributed by atoms with E-state index in [2.05, 4.69) is 15.2 Å². The van der Waals surface area contributed by atoms with Gasteiger partial charge in [-0.25, -0.2) is 8.42 Å². The summed E-state index contributed by atoms with van der Waals surface area (Å²) in [7, 11) is -1.61. The molecule has 2 aliphatic heterocycles. The lowest BCUT2D eigenvalue weighted by Gasteiger charge is -2.32. The number of hydrogen-bond acceptors (Lipinski definition) is 5. The smallest absolute Gasteiger partial charge is 0.256 e. The second-order valence-corrected chi connectivity index (χ2v) is 12.6. The van der Waals surface area contributed by atoms with Gasteiger partial charge in [0.15, 0.2) is 9.84 Å². The van der Waals surface area contributed by atoms with E-state index < -0.39 is 9.84 Å². The number of H-pyrrole nitrogens is 1. The molecule has 1 saturated heterocycles. The van der Waals surface area contributed by atoms with Crippen molar-refractivity contribution in [3.63, 3.8) is 0 Å². The number of benzene rings is 2. The molecule has 1 aromatic heterocycles. The molecule has 2 aromatic carbocycles. The number of aromatic nitrogens is 1. The standard InChI is InChI=1S/C30H34N4O4S/c1-18-7-6-8-19(2)25(18)17-39(37,38)22-9-10-26-23(15-22)24(29(35)32-26)16-27-20(3)28(21(4)31-27)30(36)34-13-11-33(5)12-14-34/h6-10,15-16,31H,11-14,17H2,1-5H3,(H,32,35)/b24-16-.